The van der Waals surface area contributed by atoms with Crippen LogP contribution in [0.5, 0.6) is 0 Å². The highest BCUT2D eigenvalue weighted by atomic mass is 32.1. The molecule has 1 heterocycles. The molecule has 2 aromatic rings. The zero-order valence-corrected chi connectivity index (χ0v) is 8.71. The van der Waals surface area contributed by atoms with Crippen LogP contribution in [-0.4, -0.2) is 4.37 Å². The van der Waals surface area contributed by atoms with Crippen LogP contribution in [0.4, 0.5) is 0 Å². The highest BCUT2D eigenvalue weighted by Crippen LogP contribution is 2.21. The first-order valence-corrected chi connectivity index (χ1v) is 5.20. The lowest BCUT2D eigenvalue weighted by atomic mass is 10.2. The lowest BCUT2D eigenvalue weighted by molar-refractivity contribution is 1.50. The van der Waals surface area contributed by atoms with Crippen molar-refractivity contribution in [3.8, 4) is 10.4 Å². The Morgan fingerprint density at radius 2 is 1.69 bits per heavy atom. The van der Waals surface area contributed by atoms with E-state index in [-0.39, 0.29) is 0 Å². The fraction of sp³-hybridized carbons (Fsp3) is 0.182. The van der Waals surface area contributed by atoms with Gasteiger partial charge in [-0.3, -0.25) is 0 Å². The van der Waals surface area contributed by atoms with E-state index in [4.69, 9.17) is 0 Å². The second kappa shape index (κ2) is 5.49. The molecule has 13 heavy (non-hydrogen) atoms. The van der Waals surface area contributed by atoms with Crippen molar-refractivity contribution < 1.29 is 0 Å². The van der Waals surface area contributed by atoms with Crippen LogP contribution in [0.1, 0.15) is 13.8 Å². The Hall–Kier alpha value is -1.15. The fourth-order valence-electron chi connectivity index (χ4n) is 0.967. The number of rotatable bonds is 1. The predicted molar refractivity (Wildman–Crippen MR) is 58.9 cm³/mol. The first-order chi connectivity index (χ1) is 6.47. The van der Waals surface area contributed by atoms with Gasteiger partial charge in [0.15, 0.2) is 0 Å². The van der Waals surface area contributed by atoms with E-state index in [1.54, 1.807) is 0 Å². The molecule has 68 valence electrons. The Kier molecular flexibility index (Phi) is 4.19. The van der Waals surface area contributed by atoms with Gasteiger partial charge in [-0.15, -0.1) is 0 Å². The molecule has 0 fully saturated rings. The molecule has 0 aliphatic carbocycles. The Morgan fingerprint density at radius 3 is 2.23 bits per heavy atom. The summed E-state index contributed by atoms with van der Waals surface area (Å²) in [7, 11) is 0. The summed E-state index contributed by atoms with van der Waals surface area (Å²) in [5, 5.41) is 0. The maximum Gasteiger partial charge on any atom is 0.0549 e. The molecule has 0 amide bonds. The summed E-state index contributed by atoms with van der Waals surface area (Å²) in [4.78, 5) is 1.23. The Balaban J connectivity index is 0.000000396. The average molecular weight is 191 g/mol. The van der Waals surface area contributed by atoms with Crippen molar-refractivity contribution in [1.82, 2.24) is 4.37 Å². The summed E-state index contributed by atoms with van der Waals surface area (Å²) >= 11 is 1.53. The third-order valence-electron chi connectivity index (χ3n) is 1.50. The lowest BCUT2D eigenvalue weighted by Crippen LogP contribution is -1.67. The summed E-state index contributed by atoms with van der Waals surface area (Å²) in [6, 6.07) is 12.3. The van der Waals surface area contributed by atoms with E-state index in [0.29, 0.717) is 0 Å². The van der Waals surface area contributed by atoms with Crippen molar-refractivity contribution >= 4 is 11.5 Å². The second-order valence-electron chi connectivity index (χ2n) is 2.24. The number of hydrogen-bond donors (Lipinski definition) is 0. The number of hydrogen-bond acceptors (Lipinski definition) is 2. The minimum atomic E-state index is 1.23. The summed E-state index contributed by atoms with van der Waals surface area (Å²) < 4.78 is 4.04. The molecule has 0 radical (unpaired) electrons. The summed E-state index contributed by atoms with van der Waals surface area (Å²) in [6.45, 7) is 4.00. The number of nitrogens with zero attached hydrogens (tertiary/aromatic N) is 1. The summed E-state index contributed by atoms with van der Waals surface area (Å²) in [5.74, 6) is 0. The summed E-state index contributed by atoms with van der Waals surface area (Å²) in [6.07, 6.45) is 1.83. The van der Waals surface area contributed by atoms with E-state index in [2.05, 4.69) is 16.5 Å². The molecule has 2 heteroatoms. The van der Waals surface area contributed by atoms with Crippen molar-refractivity contribution in [3.05, 3.63) is 42.6 Å². The number of benzene rings is 1. The average Bonchev–Trinajstić information content (AvgIpc) is 2.75. The molecule has 0 aliphatic heterocycles. The standard InChI is InChI=1S/C9H7NS.C2H6/c1-2-4-8(5-3-1)9-6-7-10-11-9;1-2/h1-7H;1-2H3. The predicted octanol–water partition coefficient (Wildman–Crippen LogP) is 3.84. The monoisotopic (exact) mass is 191 g/mol. The molecule has 1 aromatic carbocycles. The quantitative estimate of drug-likeness (QED) is 0.667. The second-order valence-corrected chi connectivity index (χ2v) is 3.08. The lowest BCUT2D eigenvalue weighted by Gasteiger charge is -1.92. The summed E-state index contributed by atoms with van der Waals surface area (Å²) in [5.41, 5.74) is 1.25. The van der Waals surface area contributed by atoms with E-state index in [0.717, 1.165) is 0 Å². The highest BCUT2D eigenvalue weighted by Gasteiger charge is 1.95. The van der Waals surface area contributed by atoms with Crippen LogP contribution in [0.15, 0.2) is 42.6 Å². The van der Waals surface area contributed by atoms with Crippen molar-refractivity contribution in [2.75, 3.05) is 0 Å². The normalized spacial score (nSPS) is 8.77. The SMILES string of the molecule is CC.c1ccc(-c2ccns2)cc1. The van der Waals surface area contributed by atoms with Crippen LogP contribution in [-0.2, 0) is 0 Å². The van der Waals surface area contributed by atoms with Gasteiger partial charge in [0, 0.05) is 6.20 Å². The minimum absolute atomic E-state index is 1.23. The Morgan fingerprint density at radius 1 is 1.00 bits per heavy atom. The van der Waals surface area contributed by atoms with E-state index >= 15 is 0 Å². The molecule has 0 saturated heterocycles. The third-order valence-corrected chi connectivity index (χ3v) is 2.29. The van der Waals surface area contributed by atoms with Gasteiger partial charge in [-0.05, 0) is 23.2 Å². The van der Waals surface area contributed by atoms with Crippen molar-refractivity contribution in [2.45, 2.75) is 13.8 Å². The molecule has 0 atom stereocenters. The van der Waals surface area contributed by atoms with Crippen LogP contribution in [0.25, 0.3) is 10.4 Å². The molecule has 0 N–H and O–H groups in total. The topological polar surface area (TPSA) is 12.9 Å². The maximum absolute atomic E-state index is 4.04. The van der Waals surface area contributed by atoms with Crippen molar-refractivity contribution in [2.24, 2.45) is 0 Å². The van der Waals surface area contributed by atoms with Gasteiger partial charge in [-0.1, -0.05) is 44.2 Å². The third kappa shape index (κ3) is 2.67. The Labute approximate surface area is 83.2 Å². The molecule has 0 bridgehead atoms. The van der Waals surface area contributed by atoms with Crippen LogP contribution >= 0.6 is 11.5 Å². The minimum Gasteiger partial charge on any atom is -0.201 e. The molecule has 1 nitrogen and oxygen atoms in total. The maximum atomic E-state index is 4.04. The van der Waals surface area contributed by atoms with Gasteiger partial charge in [0.05, 0.1) is 4.88 Å². The first kappa shape index (κ1) is 9.93. The molecule has 0 unspecified atom stereocenters. The van der Waals surface area contributed by atoms with Crippen LogP contribution in [0, 0.1) is 0 Å². The zero-order chi connectivity index (χ0) is 9.52. The smallest absolute Gasteiger partial charge is 0.0549 e. The molecule has 0 spiro atoms. The van der Waals surface area contributed by atoms with E-state index in [1.807, 2.05) is 44.3 Å². The van der Waals surface area contributed by atoms with E-state index in [1.165, 1.54) is 22.0 Å². The van der Waals surface area contributed by atoms with E-state index < -0.39 is 0 Å². The van der Waals surface area contributed by atoms with Gasteiger partial charge in [-0.25, -0.2) is 4.37 Å². The van der Waals surface area contributed by atoms with Gasteiger partial charge in [-0.2, -0.15) is 0 Å². The van der Waals surface area contributed by atoms with Gasteiger partial charge in [0.25, 0.3) is 0 Å². The van der Waals surface area contributed by atoms with Crippen molar-refractivity contribution in [3.63, 3.8) is 0 Å². The number of aromatic nitrogens is 1. The zero-order valence-electron chi connectivity index (χ0n) is 7.90. The van der Waals surface area contributed by atoms with Gasteiger partial charge in [0.2, 0.25) is 0 Å². The molecule has 0 aliphatic rings. The molecular formula is C11H13NS. The van der Waals surface area contributed by atoms with Crippen LogP contribution in [0.2, 0.25) is 0 Å². The largest absolute Gasteiger partial charge is 0.201 e. The van der Waals surface area contributed by atoms with Crippen LogP contribution < -0.4 is 0 Å². The fourth-order valence-corrected chi connectivity index (χ4v) is 1.57. The molecular weight excluding hydrogens is 178 g/mol. The van der Waals surface area contributed by atoms with Gasteiger partial charge < -0.3 is 0 Å². The molecule has 2 rings (SSSR count). The van der Waals surface area contributed by atoms with Crippen LogP contribution in [0.3, 0.4) is 0 Å². The van der Waals surface area contributed by atoms with Crippen molar-refractivity contribution in [1.29, 1.82) is 0 Å². The van der Waals surface area contributed by atoms with Gasteiger partial charge in [0.1, 0.15) is 0 Å². The van der Waals surface area contributed by atoms with Gasteiger partial charge >= 0.3 is 0 Å². The highest BCUT2D eigenvalue weighted by molar-refractivity contribution is 7.09. The Bertz CT molecular complexity index is 313. The first-order valence-electron chi connectivity index (χ1n) is 4.43. The van der Waals surface area contributed by atoms with E-state index in [9.17, 15) is 0 Å². The molecule has 1 aromatic heterocycles. The molecule has 0 saturated carbocycles.